The second kappa shape index (κ2) is 9.08. The first-order valence-electron chi connectivity index (χ1n) is 8.81. The smallest absolute Gasteiger partial charge is 0.221 e. The molecule has 1 aromatic heterocycles. The lowest BCUT2D eigenvalue weighted by atomic mass is 10.1. The Bertz CT molecular complexity index is 764. The molecule has 132 valence electrons. The molecule has 2 aromatic rings. The molecule has 4 heteroatoms. The molecule has 0 aliphatic carbocycles. The molecule has 0 aliphatic heterocycles. The molecule has 1 aromatic carbocycles. The number of nitrogens with zero attached hydrogens (tertiary/aromatic N) is 2. The van der Waals surface area contributed by atoms with Crippen molar-refractivity contribution in [1.82, 2.24) is 15.1 Å². The van der Waals surface area contributed by atoms with Crippen molar-refractivity contribution < 1.29 is 4.79 Å². The van der Waals surface area contributed by atoms with Crippen molar-refractivity contribution in [3.63, 3.8) is 0 Å². The molecule has 4 nitrogen and oxygen atoms in total. The second-order valence-corrected chi connectivity index (χ2v) is 6.67. The third kappa shape index (κ3) is 5.79. The molecule has 1 heterocycles. The summed E-state index contributed by atoms with van der Waals surface area (Å²) in [5.74, 6) is 6.60. The molecule has 0 radical (unpaired) electrons. The van der Waals surface area contributed by atoms with E-state index in [1.807, 2.05) is 37.3 Å². The Morgan fingerprint density at radius 2 is 1.96 bits per heavy atom. The highest BCUT2D eigenvalue weighted by Gasteiger charge is 2.13. The van der Waals surface area contributed by atoms with Crippen molar-refractivity contribution in [2.45, 2.75) is 47.1 Å². The van der Waals surface area contributed by atoms with E-state index in [9.17, 15) is 4.79 Å². The van der Waals surface area contributed by atoms with Crippen LogP contribution in [0.1, 0.15) is 42.8 Å². The Hall–Kier alpha value is -2.54. The van der Waals surface area contributed by atoms with Gasteiger partial charge in [-0.3, -0.25) is 9.48 Å². The minimum absolute atomic E-state index is 0.0257. The van der Waals surface area contributed by atoms with Gasteiger partial charge in [-0.25, -0.2) is 0 Å². The van der Waals surface area contributed by atoms with Gasteiger partial charge in [0.1, 0.15) is 0 Å². The summed E-state index contributed by atoms with van der Waals surface area (Å²) in [6.07, 6.45) is 1.18. The van der Waals surface area contributed by atoms with Crippen LogP contribution in [-0.2, 0) is 17.8 Å². The number of nitrogens with one attached hydrogen (secondary N) is 1. The number of hydrogen-bond donors (Lipinski definition) is 1. The molecule has 0 unspecified atom stereocenters. The van der Waals surface area contributed by atoms with E-state index in [-0.39, 0.29) is 5.91 Å². The Balaban J connectivity index is 1.82. The average Bonchev–Trinajstić information content (AvgIpc) is 2.84. The van der Waals surface area contributed by atoms with Crippen LogP contribution < -0.4 is 5.32 Å². The highest BCUT2D eigenvalue weighted by atomic mass is 16.1. The third-order valence-electron chi connectivity index (χ3n) is 4.05. The van der Waals surface area contributed by atoms with E-state index in [4.69, 9.17) is 0 Å². The molecular weight excluding hydrogens is 310 g/mol. The average molecular weight is 337 g/mol. The number of aryl methyl sites for hydroxylation is 1. The Labute approximate surface area is 150 Å². The Kier molecular flexibility index (Phi) is 6.82. The summed E-state index contributed by atoms with van der Waals surface area (Å²) in [5, 5.41) is 7.46. The van der Waals surface area contributed by atoms with Crippen LogP contribution in [0, 0.1) is 31.6 Å². The highest BCUT2D eigenvalue weighted by molar-refractivity contribution is 5.76. The predicted molar refractivity (Wildman–Crippen MR) is 101 cm³/mol. The summed E-state index contributed by atoms with van der Waals surface area (Å²) < 4.78 is 2.05. The molecule has 1 amide bonds. The normalized spacial score (nSPS) is 10.4. The summed E-state index contributed by atoms with van der Waals surface area (Å²) in [5.41, 5.74) is 4.34. The zero-order valence-corrected chi connectivity index (χ0v) is 15.6. The van der Waals surface area contributed by atoms with Gasteiger partial charge in [0.2, 0.25) is 5.91 Å². The van der Waals surface area contributed by atoms with Crippen LogP contribution in [0.2, 0.25) is 0 Å². The Morgan fingerprint density at radius 3 is 2.64 bits per heavy atom. The zero-order valence-electron chi connectivity index (χ0n) is 15.6. The highest BCUT2D eigenvalue weighted by Crippen LogP contribution is 2.16. The van der Waals surface area contributed by atoms with Gasteiger partial charge in [-0.05, 0) is 43.9 Å². The molecule has 0 fully saturated rings. The number of amides is 1. The molecule has 0 bridgehead atoms. The topological polar surface area (TPSA) is 46.9 Å². The van der Waals surface area contributed by atoms with Crippen LogP contribution in [0.25, 0.3) is 0 Å². The van der Waals surface area contributed by atoms with Crippen molar-refractivity contribution in [3.8, 4) is 11.8 Å². The van der Waals surface area contributed by atoms with E-state index in [1.54, 1.807) is 0 Å². The van der Waals surface area contributed by atoms with E-state index in [0.29, 0.717) is 25.3 Å². The molecule has 2 rings (SSSR count). The Morgan fingerprint density at radius 1 is 1.24 bits per heavy atom. The van der Waals surface area contributed by atoms with Gasteiger partial charge in [0.15, 0.2) is 0 Å². The van der Waals surface area contributed by atoms with E-state index in [2.05, 4.69) is 47.7 Å². The van der Waals surface area contributed by atoms with E-state index in [1.165, 1.54) is 11.3 Å². The van der Waals surface area contributed by atoms with Gasteiger partial charge >= 0.3 is 0 Å². The predicted octanol–water partition coefficient (Wildman–Crippen LogP) is 3.26. The number of carbonyl (C=O) groups is 1. The first-order chi connectivity index (χ1) is 12.0. The number of aromatic nitrogens is 2. The number of hydrogen-bond acceptors (Lipinski definition) is 2. The third-order valence-corrected chi connectivity index (χ3v) is 4.05. The maximum Gasteiger partial charge on any atom is 0.221 e. The summed E-state index contributed by atoms with van der Waals surface area (Å²) in [6, 6.07) is 9.77. The maximum absolute atomic E-state index is 12.0. The fourth-order valence-electron chi connectivity index (χ4n) is 2.76. The second-order valence-electron chi connectivity index (χ2n) is 6.67. The van der Waals surface area contributed by atoms with Crippen LogP contribution in [0.4, 0.5) is 0 Å². The van der Waals surface area contributed by atoms with Crippen LogP contribution in [0.15, 0.2) is 30.3 Å². The van der Waals surface area contributed by atoms with Crippen molar-refractivity contribution in [3.05, 3.63) is 52.8 Å². The summed E-state index contributed by atoms with van der Waals surface area (Å²) in [4.78, 5) is 12.0. The first-order valence-corrected chi connectivity index (χ1v) is 8.81. The molecular formula is C21H27N3O. The standard InChI is InChI=1S/C21H27N3O/c1-16(2)15-24-18(4)20(17(3)23-24)12-13-21(25)22-14-8-11-19-9-6-5-7-10-19/h5-7,9-10,16H,12-15H2,1-4H3,(H,22,25). The minimum Gasteiger partial charge on any atom is -0.345 e. The number of carbonyl (C=O) groups excluding carboxylic acids is 1. The van der Waals surface area contributed by atoms with E-state index < -0.39 is 0 Å². The molecule has 0 spiro atoms. The van der Waals surface area contributed by atoms with Gasteiger partial charge in [0.05, 0.1) is 12.2 Å². The first kappa shape index (κ1) is 18.8. The molecule has 0 saturated carbocycles. The summed E-state index contributed by atoms with van der Waals surface area (Å²) in [6.45, 7) is 9.75. The van der Waals surface area contributed by atoms with E-state index in [0.717, 1.165) is 17.8 Å². The maximum atomic E-state index is 12.0. The molecule has 0 aliphatic rings. The molecule has 1 N–H and O–H groups in total. The fraction of sp³-hybridized carbons (Fsp3) is 0.429. The quantitative estimate of drug-likeness (QED) is 0.823. The zero-order chi connectivity index (χ0) is 18.2. The van der Waals surface area contributed by atoms with Crippen LogP contribution in [-0.4, -0.2) is 22.2 Å². The SMILES string of the molecule is Cc1nn(CC(C)C)c(C)c1CCC(=O)NCC#Cc1ccccc1. The summed E-state index contributed by atoms with van der Waals surface area (Å²) in [7, 11) is 0. The van der Waals surface area contributed by atoms with Gasteiger partial charge in [0, 0.05) is 24.2 Å². The lowest BCUT2D eigenvalue weighted by Crippen LogP contribution is -2.23. The van der Waals surface area contributed by atoms with Crippen molar-refractivity contribution in [2.75, 3.05) is 6.54 Å². The largest absolute Gasteiger partial charge is 0.345 e. The molecule has 0 saturated heterocycles. The van der Waals surface area contributed by atoms with Gasteiger partial charge in [-0.1, -0.05) is 43.9 Å². The van der Waals surface area contributed by atoms with Crippen molar-refractivity contribution in [2.24, 2.45) is 5.92 Å². The minimum atomic E-state index is 0.0257. The van der Waals surface area contributed by atoms with E-state index >= 15 is 0 Å². The lowest BCUT2D eigenvalue weighted by molar-refractivity contribution is -0.120. The van der Waals surface area contributed by atoms with Gasteiger partial charge < -0.3 is 5.32 Å². The monoisotopic (exact) mass is 337 g/mol. The van der Waals surface area contributed by atoms with Crippen LogP contribution in [0.5, 0.6) is 0 Å². The molecule has 0 atom stereocenters. The van der Waals surface area contributed by atoms with Crippen molar-refractivity contribution in [1.29, 1.82) is 0 Å². The van der Waals surface area contributed by atoms with Crippen LogP contribution >= 0.6 is 0 Å². The van der Waals surface area contributed by atoms with Crippen LogP contribution in [0.3, 0.4) is 0 Å². The van der Waals surface area contributed by atoms with Gasteiger partial charge in [-0.15, -0.1) is 0 Å². The number of benzene rings is 1. The van der Waals surface area contributed by atoms with Gasteiger partial charge in [-0.2, -0.15) is 5.10 Å². The lowest BCUT2D eigenvalue weighted by Gasteiger charge is -2.08. The number of rotatable bonds is 6. The summed E-state index contributed by atoms with van der Waals surface area (Å²) >= 11 is 0. The van der Waals surface area contributed by atoms with Crippen molar-refractivity contribution >= 4 is 5.91 Å². The van der Waals surface area contributed by atoms with Gasteiger partial charge in [0.25, 0.3) is 0 Å². The molecule has 25 heavy (non-hydrogen) atoms. The fourth-order valence-corrected chi connectivity index (χ4v) is 2.76.